The highest BCUT2D eigenvalue weighted by molar-refractivity contribution is 5.84. The Balaban J connectivity index is 1.74. The number of benzene rings is 2. The first kappa shape index (κ1) is 21.0. The van der Waals surface area contributed by atoms with Crippen LogP contribution in [-0.4, -0.2) is 18.3 Å². The molecule has 0 aliphatic rings. The summed E-state index contributed by atoms with van der Waals surface area (Å²) in [6.45, 7) is 2.45. The summed E-state index contributed by atoms with van der Waals surface area (Å²) in [4.78, 5) is 4.36. The summed E-state index contributed by atoms with van der Waals surface area (Å²) in [5.41, 5.74) is 6.33. The van der Waals surface area contributed by atoms with Gasteiger partial charge >= 0.3 is 0 Å². The lowest BCUT2D eigenvalue weighted by Gasteiger charge is -2.10. The van der Waals surface area contributed by atoms with Gasteiger partial charge in [-0.2, -0.15) is 10.4 Å². The van der Waals surface area contributed by atoms with Gasteiger partial charge in [0.05, 0.1) is 12.8 Å². The van der Waals surface area contributed by atoms with Crippen molar-refractivity contribution in [3.05, 3.63) is 88.4 Å². The molecule has 30 heavy (non-hydrogen) atoms. The van der Waals surface area contributed by atoms with Crippen molar-refractivity contribution in [2.45, 2.75) is 20.1 Å². The van der Waals surface area contributed by atoms with E-state index in [4.69, 9.17) is 9.47 Å². The van der Waals surface area contributed by atoms with Crippen LogP contribution in [0.2, 0.25) is 0 Å². The second-order valence-corrected chi connectivity index (χ2v) is 6.51. The number of methoxy groups -OCH3 is 1. The average Bonchev–Trinajstić information content (AvgIpc) is 2.74. The van der Waals surface area contributed by atoms with E-state index in [0.717, 1.165) is 22.4 Å². The summed E-state index contributed by atoms with van der Waals surface area (Å²) >= 11 is 0. The van der Waals surface area contributed by atoms with E-state index in [1.54, 1.807) is 25.5 Å². The number of rotatable bonds is 8. The predicted molar refractivity (Wildman–Crippen MR) is 113 cm³/mol. The Hall–Kier alpha value is -3.76. The molecule has 0 atom stereocenters. The molecule has 0 amide bonds. The van der Waals surface area contributed by atoms with Crippen LogP contribution in [0.1, 0.15) is 27.9 Å². The van der Waals surface area contributed by atoms with Crippen LogP contribution in [0.15, 0.2) is 59.7 Å². The van der Waals surface area contributed by atoms with Gasteiger partial charge in [-0.05, 0) is 42.8 Å². The first-order chi connectivity index (χ1) is 14.6. The lowest BCUT2D eigenvalue weighted by molar-refractivity contribution is 0.184. The predicted octanol–water partition coefficient (Wildman–Crippen LogP) is 4.57. The van der Waals surface area contributed by atoms with Crippen molar-refractivity contribution < 1.29 is 13.9 Å². The van der Waals surface area contributed by atoms with Gasteiger partial charge in [-0.15, -0.1) is 0 Å². The quantitative estimate of drug-likeness (QED) is 0.439. The molecule has 0 spiro atoms. The first-order valence-corrected chi connectivity index (χ1v) is 9.25. The fraction of sp³-hybridized carbons (Fsp3) is 0.174. The second kappa shape index (κ2) is 10.1. The molecule has 7 heteroatoms. The minimum atomic E-state index is -0.285. The highest BCUT2D eigenvalue weighted by atomic mass is 19.1. The van der Waals surface area contributed by atoms with E-state index < -0.39 is 0 Å². The summed E-state index contributed by atoms with van der Waals surface area (Å²) in [5, 5.41) is 13.7. The van der Waals surface area contributed by atoms with Gasteiger partial charge in [-0.25, -0.2) is 9.37 Å². The van der Waals surface area contributed by atoms with Crippen molar-refractivity contribution in [2.24, 2.45) is 5.10 Å². The van der Waals surface area contributed by atoms with E-state index in [2.05, 4.69) is 21.6 Å². The molecule has 0 saturated heterocycles. The molecule has 6 nitrogen and oxygen atoms in total. The number of pyridine rings is 1. The number of hydrogen-bond acceptors (Lipinski definition) is 6. The van der Waals surface area contributed by atoms with Crippen LogP contribution < -0.4 is 10.2 Å². The van der Waals surface area contributed by atoms with Crippen molar-refractivity contribution in [2.75, 3.05) is 12.5 Å². The zero-order chi connectivity index (χ0) is 21.3. The lowest BCUT2D eigenvalue weighted by Crippen LogP contribution is -2.04. The Morgan fingerprint density at radius 3 is 2.67 bits per heavy atom. The Bertz CT molecular complexity index is 1080. The third-order valence-corrected chi connectivity index (χ3v) is 4.24. The zero-order valence-corrected chi connectivity index (χ0v) is 16.7. The molecule has 0 fully saturated rings. The topological polar surface area (TPSA) is 79.5 Å². The fourth-order valence-corrected chi connectivity index (χ4v) is 2.84. The molecule has 0 radical (unpaired) electrons. The van der Waals surface area contributed by atoms with Gasteiger partial charge in [0.1, 0.15) is 29.8 Å². The lowest BCUT2D eigenvalue weighted by atomic mass is 10.1. The Labute approximate surface area is 174 Å². The molecule has 1 heterocycles. The smallest absolute Gasteiger partial charge is 0.164 e. The van der Waals surface area contributed by atoms with Crippen LogP contribution in [0.5, 0.6) is 5.75 Å². The summed E-state index contributed by atoms with van der Waals surface area (Å²) < 4.78 is 24.1. The van der Waals surface area contributed by atoms with Gasteiger partial charge in [-0.3, -0.25) is 5.43 Å². The normalized spacial score (nSPS) is 10.7. The SMILES string of the molecule is COCc1cc(C)nc(N/N=C/c2ccccc2OCc2ccc(F)cc2)c1C#N. The maximum absolute atomic E-state index is 13.0. The third kappa shape index (κ3) is 5.40. The summed E-state index contributed by atoms with van der Waals surface area (Å²) in [7, 11) is 1.57. The van der Waals surface area contributed by atoms with Crippen molar-refractivity contribution in [1.29, 1.82) is 5.26 Å². The van der Waals surface area contributed by atoms with Gasteiger partial charge < -0.3 is 9.47 Å². The molecule has 0 aliphatic heterocycles. The highest BCUT2D eigenvalue weighted by Crippen LogP contribution is 2.20. The summed E-state index contributed by atoms with van der Waals surface area (Å²) in [6, 6.07) is 17.5. The molecule has 2 aromatic carbocycles. The number of nitrogens with one attached hydrogen (secondary N) is 1. The fourth-order valence-electron chi connectivity index (χ4n) is 2.84. The average molecular weight is 404 g/mol. The number of nitriles is 1. The van der Waals surface area contributed by atoms with Crippen LogP contribution in [0.3, 0.4) is 0 Å². The third-order valence-electron chi connectivity index (χ3n) is 4.24. The van der Waals surface area contributed by atoms with Gasteiger partial charge in [-0.1, -0.05) is 24.3 Å². The second-order valence-electron chi connectivity index (χ2n) is 6.51. The number of nitrogens with zero attached hydrogens (tertiary/aromatic N) is 3. The molecule has 3 rings (SSSR count). The van der Waals surface area contributed by atoms with Crippen molar-refractivity contribution in [3.63, 3.8) is 0 Å². The Morgan fingerprint density at radius 2 is 1.93 bits per heavy atom. The molecule has 0 saturated carbocycles. The van der Waals surface area contributed by atoms with Gasteiger partial charge in [0.15, 0.2) is 5.82 Å². The molecule has 152 valence electrons. The number of aryl methyl sites for hydroxylation is 1. The number of halogens is 1. The van der Waals surface area contributed by atoms with Crippen molar-refractivity contribution >= 4 is 12.0 Å². The Morgan fingerprint density at radius 1 is 1.17 bits per heavy atom. The number of para-hydroxylation sites is 1. The van der Waals surface area contributed by atoms with Crippen LogP contribution in [0.25, 0.3) is 0 Å². The standard InChI is InChI=1S/C23H21FN4O2/c1-16-11-19(15-29-2)21(12-25)23(27-16)28-26-13-18-5-3-4-6-22(18)30-14-17-7-9-20(24)10-8-17/h3-11,13H,14-15H2,1-2H3,(H,27,28)/b26-13+. The zero-order valence-electron chi connectivity index (χ0n) is 16.7. The maximum atomic E-state index is 13.0. The molecule has 0 aliphatic carbocycles. The van der Waals surface area contributed by atoms with E-state index in [9.17, 15) is 9.65 Å². The van der Waals surface area contributed by atoms with E-state index in [1.165, 1.54) is 12.1 Å². The minimum Gasteiger partial charge on any atom is -0.488 e. The van der Waals surface area contributed by atoms with Gasteiger partial charge in [0.2, 0.25) is 0 Å². The molecule has 0 unspecified atom stereocenters. The summed E-state index contributed by atoms with van der Waals surface area (Å²) in [5.74, 6) is 0.711. The van der Waals surface area contributed by atoms with Crippen LogP contribution in [-0.2, 0) is 18.0 Å². The number of ether oxygens (including phenoxy) is 2. The van der Waals surface area contributed by atoms with Gasteiger partial charge in [0, 0.05) is 23.9 Å². The minimum absolute atomic E-state index is 0.285. The van der Waals surface area contributed by atoms with Crippen molar-refractivity contribution in [3.8, 4) is 11.8 Å². The molecular weight excluding hydrogens is 383 g/mol. The largest absolute Gasteiger partial charge is 0.488 e. The van der Waals surface area contributed by atoms with E-state index >= 15 is 0 Å². The number of hydrazone groups is 1. The van der Waals surface area contributed by atoms with Crippen LogP contribution in [0.4, 0.5) is 10.2 Å². The molecule has 1 N–H and O–H groups in total. The number of anilines is 1. The summed E-state index contributed by atoms with van der Waals surface area (Å²) in [6.07, 6.45) is 1.60. The van der Waals surface area contributed by atoms with E-state index in [-0.39, 0.29) is 5.82 Å². The molecule has 3 aromatic rings. The van der Waals surface area contributed by atoms with Crippen molar-refractivity contribution in [1.82, 2.24) is 4.98 Å². The monoisotopic (exact) mass is 404 g/mol. The molecule has 0 bridgehead atoms. The van der Waals surface area contributed by atoms with E-state index in [1.807, 2.05) is 37.3 Å². The number of aromatic nitrogens is 1. The molecule has 1 aromatic heterocycles. The highest BCUT2D eigenvalue weighted by Gasteiger charge is 2.11. The van der Waals surface area contributed by atoms with Crippen LogP contribution in [0, 0.1) is 24.1 Å². The maximum Gasteiger partial charge on any atom is 0.164 e. The first-order valence-electron chi connectivity index (χ1n) is 9.25. The van der Waals surface area contributed by atoms with Gasteiger partial charge in [0.25, 0.3) is 0 Å². The van der Waals surface area contributed by atoms with E-state index in [0.29, 0.717) is 30.3 Å². The number of hydrogen-bond donors (Lipinski definition) is 1. The van der Waals surface area contributed by atoms with Crippen LogP contribution >= 0.6 is 0 Å². The Kier molecular flexibility index (Phi) is 7.09. The molecular formula is C23H21FN4O2.